The quantitative estimate of drug-likeness (QED) is 0.700. The predicted octanol–water partition coefficient (Wildman–Crippen LogP) is 4.58. The zero-order valence-corrected chi connectivity index (χ0v) is 20.0. The number of hydrogen-bond donors (Lipinski definition) is 1. The van der Waals surface area contributed by atoms with Gasteiger partial charge in [-0.15, -0.1) is 0 Å². The first kappa shape index (κ1) is 23.5. The Morgan fingerprint density at radius 1 is 1.16 bits per heavy atom. The lowest BCUT2D eigenvalue weighted by atomic mass is 9.91. The average Bonchev–Trinajstić information content (AvgIpc) is 3.06. The molecule has 0 bridgehead atoms. The van der Waals surface area contributed by atoms with Gasteiger partial charge in [0.05, 0.1) is 5.92 Å². The summed E-state index contributed by atoms with van der Waals surface area (Å²) in [7, 11) is -3.77. The molecule has 1 saturated heterocycles. The molecule has 0 aliphatic carbocycles. The topological polar surface area (TPSA) is 92.5 Å². The number of nitrogens with zero attached hydrogens (tertiary/aromatic N) is 2. The van der Waals surface area contributed by atoms with Crippen LogP contribution in [0.15, 0.2) is 27.6 Å². The van der Waals surface area contributed by atoms with Gasteiger partial charge in [0, 0.05) is 18.8 Å². The maximum absolute atomic E-state index is 13.2. The summed E-state index contributed by atoms with van der Waals surface area (Å²) in [6.07, 6.45) is 1.28. The second-order valence-corrected chi connectivity index (χ2v) is 10.8. The molecule has 1 N–H and O–H groups in total. The van der Waals surface area contributed by atoms with Crippen molar-refractivity contribution in [1.82, 2.24) is 9.46 Å². The van der Waals surface area contributed by atoms with Crippen molar-refractivity contribution < 1.29 is 17.7 Å². The van der Waals surface area contributed by atoms with Crippen molar-refractivity contribution in [2.24, 2.45) is 5.92 Å². The highest BCUT2D eigenvalue weighted by Crippen LogP contribution is 2.34. The Hall–Kier alpha value is -2.19. The number of hydrogen-bond acceptors (Lipinski definition) is 5. The minimum Gasteiger partial charge on any atom is -0.360 e. The molecule has 1 aromatic carbocycles. The molecular formula is C23H33N3O4S. The van der Waals surface area contributed by atoms with Gasteiger partial charge in [-0.2, -0.15) is 4.31 Å². The van der Waals surface area contributed by atoms with Crippen molar-refractivity contribution in [3.8, 4) is 0 Å². The van der Waals surface area contributed by atoms with Crippen LogP contribution in [0.25, 0.3) is 0 Å². The van der Waals surface area contributed by atoms with E-state index in [0.717, 1.165) is 16.8 Å². The van der Waals surface area contributed by atoms with Crippen molar-refractivity contribution >= 4 is 21.6 Å². The molecule has 0 saturated carbocycles. The highest BCUT2D eigenvalue weighted by atomic mass is 32.2. The molecule has 0 spiro atoms. The Labute approximate surface area is 185 Å². The molecule has 8 heteroatoms. The molecule has 1 aromatic heterocycles. The Kier molecular flexibility index (Phi) is 6.91. The van der Waals surface area contributed by atoms with Crippen molar-refractivity contribution in [2.45, 2.75) is 71.1 Å². The van der Waals surface area contributed by atoms with Crippen molar-refractivity contribution in [1.29, 1.82) is 0 Å². The summed E-state index contributed by atoms with van der Waals surface area (Å²) in [5, 5.41) is 6.93. The van der Waals surface area contributed by atoms with E-state index in [9.17, 15) is 13.2 Å². The van der Waals surface area contributed by atoms with E-state index in [1.54, 1.807) is 13.8 Å². The SMILES string of the molecule is Cc1noc(C)c1S(=O)(=O)N1CCC[C@H](C(=O)Nc2c(C(C)C)cccc2C(C)C)C1. The molecule has 1 amide bonds. The van der Waals surface area contributed by atoms with Gasteiger partial charge < -0.3 is 9.84 Å². The number of amides is 1. The van der Waals surface area contributed by atoms with E-state index in [4.69, 9.17) is 4.52 Å². The van der Waals surface area contributed by atoms with Gasteiger partial charge in [-0.1, -0.05) is 51.1 Å². The average molecular weight is 448 g/mol. The van der Waals surface area contributed by atoms with Gasteiger partial charge in [-0.3, -0.25) is 4.79 Å². The van der Waals surface area contributed by atoms with E-state index in [1.807, 2.05) is 18.2 Å². The summed E-state index contributed by atoms with van der Waals surface area (Å²) >= 11 is 0. The van der Waals surface area contributed by atoms with Crippen LogP contribution in [0.4, 0.5) is 5.69 Å². The van der Waals surface area contributed by atoms with Crippen LogP contribution >= 0.6 is 0 Å². The van der Waals surface area contributed by atoms with Crippen molar-refractivity contribution in [2.75, 3.05) is 18.4 Å². The minimum atomic E-state index is -3.77. The van der Waals surface area contributed by atoms with Gasteiger partial charge in [-0.05, 0) is 49.7 Å². The Balaban J connectivity index is 1.85. The van der Waals surface area contributed by atoms with Crippen molar-refractivity contribution in [3.63, 3.8) is 0 Å². The Morgan fingerprint density at radius 2 is 1.77 bits per heavy atom. The summed E-state index contributed by atoms with van der Waals surface area (Å²) in [6, 6.07) is 6.11. The third-order valence-corrected chi connectivity index (χ3v) is 8.05. The smallest absolute Gasteiger partial charge is 0.248 e. The van der Waals surface area contributed by atoms with Gasteiger partial charge in [0.1, 0.15) is 10.6 Å². The largest absolute Gasteiger partial charge is 0.360 e. The number of carbonyl (C=O) groups is 1. The van der Waals surface area contributed by atoms with Gasteiger partial charge >= 0.3 is 0 Å². The third kappa shape index (κ3) is 4.70. The van der Waals surface area contributed by atoms with Crippen LogP contribution < -0.4 is 5.32 Å². The number of benzene rings is 1. The van der Waals surface area contributed by atoms with E-state index >= 15 is 0 Å². The number of nitrogens with one attached hydrogen (secondary N) is 1. The zero-order valence-electron chi connectivity index (χ0n) is 19.2. The predicted molar refractivity (Wildman–Crippen MR) is 121 cm³/mol. The lowest BCUT2D eigenvalue weighted by molar-refractivity contribution is -0.120. The number of sulfonamides is 1. The summed E-state index contributed by atoms with van der Waals surface area (Å²) in [5.41, 5.74) is 3.39. The fourth-order valence-corrected chi connectivity index (χ4v) is 6.08. The lowest BCUT2D eigenvalue weighted by Gasteiger charge is -2.31. The van der Waals surface area contributed by atoms with Crippen molar-refractivity contribution in [3.05, 3.63) is 40.8 Å². The van der Waals surface area contributed by atoms with Crippen LogP contribution in [0, 0.1) is 19.8 Å². The standard InChI is InChI=1S/C23H33N3O4S/c1-14(2)19-10-7-11-20(15(3)4)21(19)24-23(27)18-9-8-12-26(13-18)31(28,29)22-16(5)25-30-17(22)6/h7,10-11,14-15,18H,8-9,12-13H2,1-6H3,(H,24,27)/t18-/m0/s1. The van der Waals surface area contributed by atoms with Gasteiger partial charge in [-0.25, -0.2) is 8.42 Å². The Morgan fingerprint density at radius 3 is 2.29 bits per heavy atom. The van der Waals surface area contributed by atoms with E-state index in [-0.39, 0.29) is 34.9 Å². The summed E-state index contributed by atoms with van der Waals surface area (Å²) in [5.74, 6) is 0.253. The van der Waals surface area contributed by atoms with Crippen LogP contribution in [0.5, 0.6) is 0 Å². The fourth-order valence-electron chi connectivity index (χ4n) is 4.27. The molecule has 0 radical (unpaired) electrons. The van der Waals surface area contributed by atoms with E-state index in [1.165, 1.54) is 4.31 Å². The molecule has 2 aromatic rings. The molecule has 3 rings (SSSR count). The third-order valence-electron chi connectivity index (χ3n) is 5.94. The van der Waals surface area contributed by atoms with E-state index in [0.29, 0.717) is 25.1 Å². The maximum Gasteiger partial charge on any atom is 0.248 e. The lowest BCUT2D eigenvalue weighted by Crippen LogP contribution is -2.44. The van der Waals surface area contributed by atoms with Crippen LogP contribution in [0.1, 0.15) is 75.0 Å². The molecular weight excluding hydrogens is 414 g/mol. The molecule has 1 fully saturated rings. The number of rotatable bonds is 6. The van der Waals surface area contributed by atoms with Crippen LogP contribution in [-0.4, -0.2) is 36.9 Å². The highest BCUT2D eigenvalue weighted by Gasteiger charge is 2.36. The number of carbonyl (C=O) groups excluding carboxylic acids is 1. The van der Waals surface area contributed by atoms with Crippen LogP contribution in [0.2, 0.25) is 0 Å². The molecule has 1 atom stereocenters. The number of anilines is 1. The van der Waals surface area contributed by atoms with E-state index < -0.39 is 15.9 Å². The first-order valence-corrected chi connectivity index (χ1v) is 12.3. The second kappa shape index (κ2) is 9.12. The Bertz CT molecular complexity index is 1010. The summed E-state index contributed by atoms with van der Waals surface area (Å²) < 4.78 is 32.9. The maximum atomic E-state index is 13.2. The summed E-state index contributed by atoms with van der Waals surface area (Å²) in [4.78, 5) is 13.4. The number of piperidine rings is 1. The molecule has 0 unspecified atom stereocenters. The summed E-state index contributed by atoms with van der Waals surface area (Å²) in [6.45, 7) is 12.2. The first-order valence-electron chi connectivity index (χ1n) is 10.9. The van der Waals surface area contributed by atoms with Gasteiger partial charge in [0.15, 0.2) is 5.76 Å². The van der Waals surface area contributed by atoms with Crippen LogP contribution in [-0.2, 0) is 14.8 Å². The van der Waals surface area contributed by atoms with Crippen LogP contribution in [0.3, 0.4) is 0 Å². The molecule has 31 heavy (non-hydrogen) atoms. The fraction of sp³-hybridized carbons (Fsp3) is 0.565. The first-order chi connectivity index (χ1) is 14.5. The van der Waals surface area contributed by atoms with Gasteiger partial charge in [0.25, 0.3) is 0 Å². The highest BCUT2D eigenvalue weighted by molar-refractivity contribution is 7.89. The van der Waals surface area contributed by atoms with Gasteiger partial charge in [0.2, 0.25) is 15.9 Å². The molecule has 7 nitrogen and oxygen atoms in total. The molecule has 2 heterocycles. The zero-order chi connectivity index (χ0) is 22.9. The molecule has 170 valence electrons. The molecule has 1 aliphatic rings. The number of para-hydroxylation sites is 1. The van der Waals surface area contributed by atoms with E-state index in [2.05, 4.69) is 38.2 Å². The monoisotopic (exact) mass is 447 g/mol. The second-order valence-electron chi connectivity index (χ2n) is 8.97. The molecule has 1 aliphatic heterocycles. The minimum absolute atomic E-state index is 0.112. The number of aromatic nitrogens is 1. The number of aryl methyl sites for hydroxylation is 2. The normalized spacial score (nSPS) is 18.0.